The zero-order valence-corrected chi connectivity index (χ0v) is 16.3. The second kappa shape index (κ2) is 7.54. The molecule has 0 aliphatic carbocycles. The van der Waals surface area contributed by atoms with Crippen LogP contribution in [0.1, 0.15) is 39.7 Å². The molecule has 0 spiro atoms. The van der Waals surface area contributed by atoms with Gasteiger partial charge in [-0.15, -0.1) is 0 Å². The Labute approximate surface area is 158 Å². The van der Waals surface area contributed by atoms with Crippen molar-refractivity contribution in [3.05, 3.63) is 46.9 Å². The van der Waals surface area contributed by atoms with Crippen molar-refractivity contribution in [1.82, 2.24) is 4.90 Å². The average molecular weight is 369 g/mol. The lowest BCUT2D eigenvalue weighted by Crippen LogP contribution is -2.36. The molecule has 0 bridgehead atoms. The minimum Gasteiger partial charge on any atom is -0.490 e. The van der Waals surface area contributed by atoms with Crippen LogP contribution in [0.3, 0.4) is 0 Å². The monoisotopic (exact) mass is 369 g/mol. The van der Waals surface area contributed by atoms with Gasteiger partial charge in [-0.05, 0) is 61.9 Å². The lowest BCUT2D eigenvalue weighted by molar-refractivity contribution is -0.124. The van der Waals surface area contributed by atoms with Crippen LogP contribution >= 0.6 is 11.8 Å². The summed E-state index contributed by atoms with van der Waals surface area (Å²) in [7, 11) is 0. The predicted molar refractivity (Wildman–Crippen MR) is 107 cm³/mol. The van der Waals surface area contributed by atoms with Gasteiger partial charge in [-0.2, -0.15) is 0 Å². The van der Waals surface area contributed by atoms with E-state index in [2.05, 4.69) is 0 Å². The third-order valence-corrected chi connectivity index (χ3v) is 5.31. The van der Waals surface area contributed by atoms with Crippen LogP contribution in [0, 0.1) is 0 Å². The summed E-state index contributed by atoms with van der Waals surface area (Å²) in [4.78, 5) is 26.9. The van der Waals surface area contributed by atoms with Gasteiger partial charge in [-0.25, -0.2) is 0 Å². The van der Waals surface area contributed by atoms with Crippen LogP contribution in [-0.2, 0) is 4.79 Å². The molecule has 1 saturated heterocycles. The fraction of sp³-hybridized carbons (Fsp3) is 0.333. The number of thioether (sulfide) groups is 1. The Kier molecular flexibility index (Phi) is 5.37. The molecule has 1 heterocycles. The number of hydrogen-bond acceptors (Lipinski definition) is 4. The van der Waals surface area contributed by atoms with E-state index in [1.165, 1.54) is 4.90 Å². The number of benzene rings is 2. The highest BCUT2D eigenvalue weighted by atomic mass is 32.2. The summed E-state index contributed by atoms with van der Waals surface area (Å²) in [5.41, 5.74) is 0.839. The quantitative estimate of drug-likeness (QED) is 0.656. The van der Waals surface area contributed by atoms with Gasteiger partial charge in [0, 0.05) is 11.6 Å². The van der Waals surface area contributed by atoms with Crippen LogP contribution in [-0.4, -0.2) is 28.2 Å². The molecule has 0 saturated carbocycles. The number of ether oxygens (including phenoxy) is 1. The van der Waals surface area contributed by atoms with Gasteiger partial charge in [0.05, 0.1) is 11.0 Å². The molecule has 1 fully saturated rings. The predicted octanol–water partition coefficient (Wildman–Crippen LogP) is 5.46. The molecule has 1 aliphatic heterocycles. The van der Waals surface area contributed by atoms with Gasteiger partial charge in [0.1, 0.15) is 5.75 Å². The number of fused-ring (bicyclic) bond motifs is 1. The molecule has 2 aromatic carbocycles. The summed E-state index contributed by atoms with van der Waals surface area (Å²) in [6, 6.07) is 11.8. The molecule has 0 unspecified atom stereocenters. The van der Waals surface area contributed by atoms with Crippen LogP contribution in [0.15, 0.2) is 41.3 Å². The fourth-order valence-electron chi connectivity index (χ4n) is 2.95. The third-order valence-electron chi connectivity index (χ3n) is 4.42. The Hall–Kier alpha value is -2.27. The van der Waals surface area contributed by atoms with E-state index in [0.717, 1.165) is 34.5 Å². The number of carbonyl (C=O) groups is 2. The molecular formula is C21H23NO3S. The molecule has 0 N–H and O–H groups in total. The molecule has 1 atom stereocenters. The Bertz CT molecular complexity index is 888. The van der Waals surface area contributed by atoms with Crippen LogP contribution in [0.5, 0.6) is 5.75 Å². The minimum atomic E-state index is -0.224. The number of carbonyl (C=O) groups excluding carboxylic acids is 2. The van der Waals surface area contributed by atoms with E-state index in [-0.39, 0.29) is 23.3 Å². The molecule has 5 heteroatoms. The number of rotatable bonds is 5. The minimum absolute atomic E-state index is 0.0125. The first kappa shape index (κ1) is 18.5. The zero-order chi connectivity index (χ0) is 18.8. The maximum absolute atomic E-state index is 12.8. The second-order valence-corrected chi connectivity index (χ2v) is 7.67. The average Bonchev–Trinajstić information content (AvgIpc) is 2.89. The van der Waals surface area contributed by atoms with E-state index >= 15 is 0 Å². The van der Waals surface area contributed by atoms with Gasteiger partial charge in [-0.1, -0.05) is 37.3 Å². The maximum Gasteiger partial charge on any atom is 0.293 e. The van der Waals surface area contributed by atoms with E-state index in [1.54, 1.807) is 6.08 Å². The Morgan fingerprint density at radius 3 is 2.54 bits per heavy atom. The van der Waals surface area contributed by atoms with Gasteiger partial charge in [0.2, 0.25) is 0 Å². The van der Waals surface area contributed by atoms with Crippen molar-refractivity contribution < 1.29 is 14.3 Å². The first-order chi connectivity index (χ1) is 12.4. The van der Waals surface area contributed by atoms with Crippen molar-refractivity contribution in [2.75, 3.05) is 0 Å². The van der Waals surface area contributed by atoms with E-state index < -0.39 is 0 Å². The van der Waals surface area contributed by atoms with Crippen molar-refractivity contribution in [2.24, 2.45) is 0 Å². The van der Waals surface area contributed by atoms with Gasteiger partial charge >= 0.3 is 0 Å². The molecule has 3 rings (SSSR count). The zero-order valence-electron chi connectivity index (χ0n) is 15.5. The highest BCUT2D eigenvalue weighted by Crippen LogP contribution is 2.38. The smallest absolute Gasteiger partial charge is 0.293 e. The normalized spacial score (nSPS) is 17.6. The maximum atomic E-state index is 12.8. The van der Waals surface area contributed by atoms with Gasteiger partial charge in [0.25, 0.3) is 11.1 Å². The van der Waals surface area contributed by atoms with Gasteiger partial charge < -0.3 is 4.74 Å². The highest BCUT2D eigenvalue weighted by Gasteiger charge is 2.37. The molecule has 2 amide bonds. The molecule has 0 radical (unpaired) electrons. The van der Waals surface area contributed by atoms with E-state index in [0.29, 0.717) is 10.7 Å². The Morgan fingerprint density at radius 2 is 1.85 bits per heavy atom. The van der Waals surface area contributed by atoms with Crippen molar-refractivity contribution in [3.63, 3.8) is 0 Å². The van der Waals surface area contributed by atoms with Crippen LogP contribution < -0.4 is 4.74 Å². The lowest BCUT2D eigenvalue weighted by atomic mass is 10.0. The second-order valence-electron chi connectivity index (χ2n) is 6.67. The van der Waals surface area contributed by atoms with Crippen molar-refractivity contribution >= 4 is 39.8 Å². The topological polar surface area (TPSA) is 46.6 Å². The van der Waals surface area contributed by atoms with Crippen LogP contribution in [0.25, 0.3) is 16.8 Å². The third kappa shape index (κ3) is 3.49. The molecule has 2 aromatic rings. The summed E-state index contributed by atoms with van der Waals surface area (Å²) in [5.74, 6) is 0.492. The largest absolute Gasteiger partial charge is 0.490 e. The number of hydrogen-bond donors (Lipinski definition) is 0. The summed E-state index contributed by atoms with van der Waals surface area (Å²) in [6.45, 7) is 7.80. The molecule has 26 heavy (non-hydrogen) atoms. The fourth-order valence-corrected chi connectivity index (χ4v) is 3.87. The molecular weight excluding hydrogens is 346 g/mol. The van der Waals surface area contributed by atoms with E-state index in [1.807, 2.05) is 64.1 Å². The van der Waals surface area contributed by atoms with E-state index in [4.69, 9.17) is 4.74 Å². The van der Waals surface area contributed by atoms with Crippen molar-refractivity contribution in [3.8, 4) is 5.75 Å². The summed E-state index contributed by atoms with van der Waals surface area (Å²) >= 11 is 0.999. The molecule has 0 aromatic heterocycles. The highest BCUT2D eigenvalue weighted by molar-refractivity contribution is 8.18. The Morgan fingerprint density at radius 1 is 1.12 bits per heavy atom. The standard InChI is InChI=1S/C21H23NO3S/c1-5-14(4)22-20(23)19(26-21(22)24)12-17-16-9-7-6-8-15(16)10-11-18(17)25-13(2)3/h6-14H,5H2,1-4H3/b19-12+/t14-/m1/s1. The SMILES string of the molecule is CC[C@@H](C)N1C(=O)S/C(=C/c2c(OC(C)C)ccc3ccccc23)C1=O. The Balaban J connectivity index is 2.11. The number of imide groups is 1. The summed E-state index contributed by atoms with van der Waals surface area (Å²) in [5, 5.41) is 1.86. The van der Waals surface area contributed by atoms with E-state index in [9.17, 15) is 9.59 Å². The van der Waals surface area contributed by atoms with Crippen LogP contribution in [0.2, 0.25) is 0 Å². The van der Waals surface area contributed by atoms with Crippen molar-refractivity contribution in [2.45, 2.75) is 46.3 Å². The summed E-state index contributed by atoms with van der Waals surface area (Å²) in [6.07, 6.45) is 2.55. The number of nitrogens with zero attached hydrogens (tertiary/aromatic N) is 1. The van der Waals surface area contributed by atoms with Crippen molar-refractivity contribution in [1.29, 1.82) is 0 Å². The van der Waals surface area contributed by atoms with Gasteiger partial charge in [-0.3, -0.25) is 14.5 Å². The van der Waals surface area contributed by atoms with Crippen LogP contribution in [0.4, 0.5) is 4.79 Å². The summed E-state index contributed by atoms with van der Waals surface area (Å²) < 4.78 is 5.96. The first-order valence-electron chi connectivity index (χ1n) is 8.87. The number of amides is 2. The van der Waals surface area contributed by atoms with Gasteiger partial charge in [0.15, 0.2) is 0 Å². The lowest BCUT2D eigenvalue weighted by Gasteiger charge is -2.19. The molecule has 1 aliphatic rings. The molecule has 136 valence electrons. The molecule has 4 nitrogen and oxygen atoms in total. The first-order valence-corrected chi connectivity index (χ1v) is 9.69.